The average Bonchev–Trinajstić information content (AvgIpc) is 2.66. The van der Waals surface area contributed by atoms with E-state index in [1.54, 1.807) is 12.1 Å². The molecule has 0 saturated heterocycles. The van der Waals surface area contributed by atoms with E-state index in [2.05, 4.69) is 47.0 Å². The molecule has 2 aromatic carbocycles. The van der Waals surface area contributed by atoms with Gasteiger partial charge >= 0.3 is 0 Å². The van der Waals surface area contributed by atoms with Gasteiger partial charge in [-0.2, -0.15) is 0 Å². The molecule has 0 aliphatic heterocycles. The summed E-state index contributed by atoms with van der Waals surface area (Å²) in [5.41, 5.74) is 17.1. The van der Waals surface area contributed by atoms with Crippen LogP contribution in [0.2, 0.25) is 19.6 Å². The van der Waals surface area contributed by atoms with Gasteiger partial charge in [-0.25, -0.2) is 0 Å². The molecule has 0 bridgehead atoms. The van der Waals surface area contributed by atoms with Gasteiger partial charge in [0, 0.05) is 33.3 Å². The van der Waals surface area contributed by atoms with E-state index in [1.807, 2.05) is 41.5 Å². The Kier molecular flexibility index (Phi) is 9.29. The molecule has 0 aromatic heterocycles. The molecule has 0 atom stereocenters. The Morgan fingerprint density at radius 2 is 1.20 bits per heavy atom. The molecule has 0 amide bonds. The van der Waals surface area contributed by atoms with Crippen LogP contribution in [0.3, 0.4) is 0 Å². The molecule has 0 heterocycles. The number of anilines is 2. The Hall–Kier alpha value is -2.90. The summed E-state index contributed by atoms with van der Waals surface area (Å²) in [6.07, 6.45) is 0. The van der Waals surface area contributed by atoms with Crippen molar-refractivity contribution in [3.05, 3.63) is 65.7 Å². The fraction of sp³-hybridized carbons (Fsp3) is 0.440. The van der Waals surface area contributed by atoms with E-state index in [1.165, 1.54) is 12.1 Å². The van der Waals surface area contributed by atoms with Crippen molar-refractivity contribution in [3.63, 3.8) is 0 Å². The predicted molar refractivity (Wildman–Crippen MR) is 150 cm³/mol. The van der Waals surface area contributed by atoms with Crippen molar-refractivity contribution in [1.29, 1.82) is 0 Å². The average molecular weight is 564 g/mol. The van der Waals surface area contributed by atoms with Crippen molar-refractivity contribution >= 4 is 46.8 Å². The van der Waals surface area contributed by atoms with Gasteiger partial charge in [-0.3, -0.25) is 20.2 Å². The lowest BCUT2D eigenvalue weighted by Gasteiger charge is -2.19. The number of nitro benzene ring substituents is 2. The van der Waals surface area contributed by atoms with Crippen LogP contribution in [0.1, 0.15) is 58.2 Å². The molecule has 2 rings (SSSR count). The van der Waals surface area contributed by atoms with Gasteiger partial charge in [-0.15, -0.1) is 5.54 Å². The Labute approximate surface area is 216 Å². The van der Waals surface area contributed by atoms with Crippen LogP contribution in [0.25, 0.3) is 0 Å². The van der Waals surface area contributed by atoms with Gasteiger partial charge in [0.25, 0.3) is 11.4 Å². The number of rotatable bonds is 2. The minimum absolute atomic E-state index is 0.0635. The topological polar surface area (TPSA) is 138 Å². The quantitative estimate of drug-likeness (QED) is 0.133. The summed E-state index contributed by atoms with van der Waals surface area (Å²) in [4.78, 5) is 21.3. The molecule has 35 heavy (non-hydrogen) atoms. The number of hydrogen-bond donors (Lipinski definition) is 2. The molecular formula is C25H35BrN4O4Si. The zero-order valence-corrected chi connectivity index (χ0v) is 24.5. The third-order valence-electron chi connectivity index (χ3n) is 4.86. The van der Waals surface area contributed by atoms with Crippen molar-refractivity contribution in [3.8, 4) is 11.5 Å². The lowest BCUT2D eigenvalue weighted by atomic mass is 9.84. The van der Waals surface area contributed by atoms with Crippen LogP contribution in [0, 0.1) is 31.7 Å². The van der Waals surface area contributed by atoms with Gasteiger partial charge in [0.2, 0.25) is 0 Å². The summed E-state index contributed by atoms with van der Waals surface area (Å²) in [5, 5.41) is 22.0. The highest BCUT2D eigenvalue weighted by molar-refractivity contribution is 9.10. The molecule has 10 heteroatoms. The predicted octanol–water partition coefficient (Wildman–Crippen LogP) is 6.94. The maximum atomic E-state index is 11.2. The first kappa shape index (κ1) is 30.1. The van der Waals surface area contributed by atoms with Crippen LogP contribution in [-0.2, 0) is 10.8 Å². The Bertz CT molecular complexity index is 1200. The van der Waals surface area contributed by atoms with Gasteiger partial charge in [0.15, 0.2) is 0 Å². The lowest BCUT2D eigenvalue weighted by Crippen LogP contribution is -2.17. The number of hydrogen-bond acceptors (Lipinski definition) is 6. The maximum Gasteiger partial charge on any atom is 0.275 e. The van der Waals surface area contributed by atoms with E-state index in [9.17, 15) is 20.2 Å². The zero-order valence-electron chi connectivity index (χ0n) is 21.9. The van der Waals surface area contributed by atoms with Crippen LogP contribution < -0.4 is 11.5 Å². The Morgan fingerprint density at radius 3 is 1.57 bits per heavy atom. The molecule has 0 unspecified atom stereocenters. The highest BCUT2D eigenvalue weighted by Crippen LogP contribution is 2.36. The molecule has 8 nitrogen and oxygen atoms in total. The zero-order chi connectivity index (χ0) is 27.5. The summed E-state index contributed by atoms with van der Waals surface area (Å²) in [6.45, 7) is 18.1. The van der Waals surface area contributed by atoms with Crippen LogP contribution >= 0.6 is 15.9 Å². The second kappa shape index (κ2) is 10.8. The third kappa shape index (κ3) is 8.67. The molecule has 0 aliphatic rings. The molecule has 0 fully saturated rings. The lowest BCUT2D eigenvalue weighted by molar-refractivity contribution is -0.386. The first-order chi connectivity index (χ1) is 15.6. The molecule has 0 aliphatic carbocycles. The van der Waals surface area contributed by atoms with E-state index in [0.717, 1.165) is 0 Å². The van der Waals surface area contributed by atoms with Crippen LogP contribution in [0.4, 0.5) is 22.7 Å². The summed E-state index contributed by atoms with van der Waals surface area (Å²) >= 11 is 3.27. The Balaban J connectivity index is 0.000000365. The molecule has 4 N–H and O–H groups in total. The molecule has 0 spiro atoms. The number of halogens is 1. The standard InChI is InChI=1S/C15H22N2O2Si.C10H13BrN2O2/c1-15(2,3)12-9-11(7-8-20(4,5)6)13(16)10-14(12)17(18)19;1-10(2,3)6-4-7(11)8(12)5-9(6)13(14)15/h9-10H,16H2,1-6H3;4-5H,12H2,1-3H3. The summed E-state index contributed by atoms with van der Waals surface area (Å²) in [7, 11) is -1.51. The number of nitro groups is 2. The van der Waals surface area contributed by atoms with Crippen molar-refractivity contribution in [2.75, 3.05) is 11.5 Å². The number of nitrogen functional groups attached to an aromatic ring is 2. The number of nitrogens with zero attached hydrogens (tertiary/aromatic N) is 2. The smallest absolute Gasteiger partial charge is 0.275 e. The molecular weight excluding hydrogens is 528 g/mol. The van der Waals surface area contributed by atoms with E-state index in [4.69, 9.17) is 11.5 Å². The van der Waals surface area contributed by atoms with E-state index in [-0.39, 0.29) is 27.1 Å². The Morgan fingerprint density at radius 1 is 0.800 bits per heavy atom. The highest BCUT2D eigenvalue weighted by Gasteiger charge is 2.27. The van der Waals surface area contributed by atoms with Gasteiger partial charge < -0.3 is 11.5 Å². The summed E-state index contributed by atoms with van der Waals surface area (Å²) < 4.78 is 0.693. The minimum atomic E-state index is -1.51. The third-order valence-corrected chi connectivity index (χ3v) is 6.43. The normalized spacial score (nSPS) is 11.6. The first-order valence-electron chi connectivity index (χ1n) is 11.0. The fourth-order valence-electron chi connectivity index (χ4n) is 3.05. The summed E-state index contributed by atoms with van der Waals surface area (Å²) in [5.74, 6) is 3.10. The van der Waals surface area contributed by atoms with E-state index >= 15 is 0 Å². The minimum Gasteiger partial charge on any atom is -0.398 e. The van der Waals surface area contributed by atoms with Crippen LogP contribution in [0.5, 0.6) is 0 Å². The maximum absolute atomic E-state index is 11.2. The fourth-order valence-corrected chi connectivity index (χ4v) is 3.90. The van der Waals surface area contributed by atoms with Gasteiger partial charge in [0.1, 0.15) is 8.07 Å². The van der Waals surface area contributed by atoms with Crippen molar-refractivity contribution in [2.45, 2.75) is 72.0 Å². The monoisotopic (exact) mass is 562 g/mol. The SMILES string of the molecule is CC(C)(C)c1cc(Br)c(N)cc1[N+](=O)[O-].CC(C)(C)c1cc(C#C[Si](C)(C)C)c(N)cc1[N+](=O)[O-]. The molecule has 190 valence electrons. The van der Waals surface area contributed by atoms with Crippen molar-refractivity contribution in [1.82, 2.24) is 0 Å². The van der Waals surface area contributed by atoms with Crippen molar-refractivity contribution in [2.24, 2.45) is 0 Å². The van der Waals surface area contributed by atoms with Gasteiger partial charge in [0.05, 0.1) is 21.2 Å². The van der Waals surface area contributed by atoms with Crippen molar-refractivity contribution < 1.29 is 9.85 Å². The van der Waals surface area contributed by atoms with E-state index < -0.39 is 13.0 Å². The van der Waals surface area contributed by atoms with Gasteiger partial charge in [-0.1, -0.05) is 67.1 Å². The highest BCUT2D eigenvalue weighted by atomic mass is 79.9. The van der Waals surface area contributed by atoms with E-state index in [0.29, 0.717) is 32.5 Å². The molecule has 0 saturated carbocycles. The molecule has 2 aromatic rings. The summed E-state index contributed by atoms with van der Waals surface area (Å²) in [6, 6.07) is 6.30. The first-order valence-corrected chi connectivity index (χ1v) is 15.3. The second-order valence-corrected chi connectivity index (χ2v) is 17.0. The largest absolute Gasteiger partial charge is 0.398 e. The second-order valence-electron chi connectivity index (χ2n) is 11.4. The molecule has 0 radical (unpaired) electrons. The van der Waals surface area contributed by atoms with Crippen LogP contribution in [-0.4, -0.2) is 17.9 Å². The van der Waals surface area contributed by atoms with Crippen LogP contribution in [0.15, 0.2) is 28.7 Å². The van der Waals surface area contributed by atoms with Gasteiger partial charge in [-0.05, 0) is 38.9 Å². The number of benzene rings is 2. The number of nitrogens with two attached hydrogens (primary N) is 2.